The van der Waals surface area contributed by atoms with Crippen molar-refractivity contribution in [3.63, 3.8) is 0 Å². The van der Waals surface area contributed by atoms with Gasteiger partial charge in [0.1, 0.15) is 6.54 Å². The second kappa shape index (κ2) is 6.72. The predicted molar refractivity (Wildman–Crippen MR) is 93.3 cm³/mol. The van der Waals surface area contributed by atoms with Gasteiger partial charge in [-0.3, -0.25) is 9.10 Å². The fourth-order valence-electron chi connectivity index (χ4n) is 2.78. The second-order valence-electron chi connectivity index (χ2n) is 6.23. The molecular weight excluding hydrogens is 352 g/mol. The lowest BCUT2D eigenvalue weighted by Crippen LogP contribution is -2.44. The molecule has 1 fully saturated rings. The highest BCUT2D eigenvalue weighted by molar-refractivity contribution is 7.92. The van der Waals surface area contributed by atoms with Gasteiger partial charge >= 0.3 is 0 Å². The molecule has 134 valence electrons. The molecule has 1 saturated heterocycles. The zero-order chi connectivity index (χ0) is 18.1. The Morgan fingerprint density at radius 2 is 2.00 bits per heavy atom. The summed E-state index contributed by atoms with van der Waals surface area (Å²) in [7, 11) is -6.76. The molecule has 1 aliphatic rings. The number of hydrogen-bond acceptors (Lipinski definition) is 5. The summed E-state index contributed by atoms with van der Waals surface area (Å²) in [5, 5.41) is 2.61. The number of sulfonamides is 1. The summed E-state index contributed by atoms with van der Waals surface area (Å²) < 4.78 is 48.1. The van der Waals surface area contributed by atoms with Crippen molar-refractivity contribution in [1.29, 1.82) is 0 Å². The van der Waals surface area contributed by atoms with Gasteiger partial charge in [-0.05, 0) is 31.9 Å². The second-order valence-corrected chi connectivity index (χ2v) is 10.4. The van der Waals surface area contributed by atoms with Crippen molar-refractivity contribution in [3.8, 4) is 0 Å². The minimum absolute atomic E-state index is 0.0464. The quantitative estimate of drug-likeness (QED) is 0.803. The number of rotatable bonds is 5. The molecule has 7 nitrogen and oxygen atoms in total. The Hall–Kier alpha value is -1.61. The standard InChI is InChI=1S/C15H22N2O5S2/c1-11-4-5-14(12(2)8-11)17(23(3,19)20)9-15(18)16-13-6-7-24(21,22)10-13/h4-5,8,13H,6-7,9-10H2,1-3H3,(H,16,18). The van der Waals surface area contributed by atoms with Gasteiger partial charge in [-0.15, -0.1) is 0 Å². The third-order valence-corrected chi connectivity index (χ3v) is 6.80. The van der Waals surface area contributed by atoms with Crippen LogP contribution in [0.15, 0.2) is 18.2 Å². The lowest BCUT2D eigenvalue weighted by molar-refractivity contribution is -0.120. The van der Waals surface area contributed by atoms with Crippen molar-refractivity contribution in [2.75, 3.05) is 28.6 Å². The van der Waals surface area contributed by atoms with E-state index in [0.717, 1.165) is 21.7 Å². The van der Waals surface area contributed by atoms with Gasteiger partial charge in [-0.1, -0.05) is 17.7 Å². The van der Waals surface area contributed by atoms with Crippen LogP contribution in [0.4, 0.5) is 5.69 Å². The average Bonchev–Trinajstić information content (AvgIpc) is 2.74. The maximum absolute atomic E-state index is 12.2. The Morgan fingerprint density at radius 3 is 2.50 bits per heavy atom. The van der Waals surface area contributed by atoms with Crippen molar-refractivity contribution in [1.82, 2.24) is 5.32 Å². The number of sulfone groups is 1. The number of carbonyl (C=O) groups is 1. The van der Waals surface area contributed by atoms with Crippen molar-refractivity contribution < 1.29 is 21.6 Å². The normalized spacial score (nSPS) is 19.9. The van der Waals surface area contributed by atoms with Gasteiger partial charge in [0, 0.05) is 6.04 Å². The van der Waals surface area contributed by atoms with Gasteiger partial charge in [0.2, 0.25) is 15.9 Å². The number of benzene rings is 1. The summed E-state index contributed by atoms with van der Waals surface area (Å²) >= 11 is 0. The Kier molecular flexibility index (Phi) is 5.24. The maximum atomic E-state index is 12.2. The number of carbonyl (C=O) groups excluding carboxylic acids is 1. The Balaban J connectivity index is 2.17. The van der Waals surface area contributed by atoms with Crippen LogP contribution in [0.5, 0.6) is 0 Å². The molecule has 0 aromatic heterocycles. The number of anilines is 1. The monoisotopic (exact) mass is 374 g/mol. The number of aryl methyl sites for hydroxylation is 2. The van der Waals surface area contributed by atoms with Gasteiger partial charge in [0.15, 0.2) is 9.84 Å². The Bertz CT molecular complexity index is 847. The maximum Gasteiger partial charge on any atom is 0.241 e. The van der Waals surface area contributed by atoms with E-state index in [0.29, 0.717) is 12.1 Å². The molecule has 1 unspecified atom stereocenters. The average molecular weight is 374 g/mol. The van der Waals surface area contributed by atoms with E-state index in [9.17, 15) is 21.6 Å². The molecule has 9 heteroatoms. The zero-order valence-electron chi connectivity index (χ0n) is 13.9. The van der Waals surface area contributed by atoms with Crippen molar-refractivity contribution in [2.45, 2.75) is 26.3 Å². The van der Waals surface area contributed by atoms with Crippen LogP contribution in [0, 0.1) is 13.8 Å². The number of nitrogens with one attached hydrogen (secondary N) is 1. The predicted octanol–water partition coefficient (Wildman–Crippen LogP) is 0.373. The zero-order valence-corrected chi connectivity index (χ0v) is 15.6. The molecule has 1 aromatic rings. The van der Waals surface area contributed by atoms with Gasteiger partial charge < -0.3 is 5.32 Å². The minimum atomic E-state index is -3.65. The molecule has 0 aliphatic carbocycles. The van der Waals surface area contributed by atoms with Crippen LogP contribution in [0.2, 0.25) is 0 Å². The SMILES string of the molecule is Cc1ccc(N(CC(=O)NC2CCS(=O)(=O)C2)S(C)(=O)=O)c(C)c1. The first-order valence-corrected chi connectivity index (χ1v) is 11.2. The molecule has 1 amide bonds. The Morgan fingerprint density at radius 1 is 1.33 bits per heavy atom. The van der Waals surface area contributed by atoms with E-state index < -0.39 is 31.8 Å². The molecule has 24 heavy (non-hydrogen) atoms. The summed E-state index contributed by atoms with van der Waals surface area (Å²) in [6.45, 7) is 3.30. The summed E-state index contributed by atoms with van der Waals surface area (Å²) in [6, 6.07) is 4.83. The van der Waals surface area contributed by atoms with Gasteiger partial charge in [0.05, 0.1) is 23.4 Å². The van der Waals surface area contributed by atoms with E-state index in [1.807, 2.05) is 13.0 Å². The molecule has 0 spiro atoms. The fraction of sp³-hybridized carbons (Fsp3) is 0.533. The third kappa shape index (κ3) is 4.70. The smallest absolute Gasteiger partial charge is 0.241 e. The van der Waals surface area contributed by atoms with E-state index in [1.165, 1.54) is 0 Å². The summed E-state index contributed by atoms with van der Waals surface area (Å²) in [6.07, 6.45) is 1.40. The third-order valence-electron chi connectivity index (χ3n) is 3.91. The lowest BCUT2D eigenvalue weighted by Gasteiger charge is -2.24. The number of amides is 1. The highest BCUT2D eigenvalue weighted by atomic mass is 32.2. The molecule has 1 atom stereocenters. The molecule has 1 aromatic carbocycles. The van der Waals surface area contributed by atoms with Crippen LogP contribution < -0.4 is 9.62 Å². The van der Waals surface area contributed by atoms with Crippen LogP contribution in [0.1, 0.15) is 17.5 Å². The van der Waals surface area contributed by atoms with Crippen molar-refractivity contribution in [2.24, 2.45) is 0 Å². The number of hydrogen-bond donors (Lipinski definition) is 1. The van der Waals surface area contributed by atoms with Crippen molar-refractivity contribution >= 4 is 31.5 Å². The van der Waals surface area contributed by atoms with Crippen LogP contribution in [-0.2, 0) is 24.7 Å². The van der Waals surface area contributed by atoms with Crippen LogP contribution in [0.25, 0.3) is 0 Å². The van der Waals surface area contributed by atoms with Crippen LogP contribution in [-0.4, -0.2) is 53.1 Å². The van der Waals surface area contributed by atoms with Gasteiger partial charge in [-0.2, -0.15) is 0 Å². The van der Waals surface area contributed by atoms with Gasteiger partial charge in [-0.25, -0.2) is 16.8 Å². The summed E-state index contributed by atoms with van der Waals surface area (Å²) in [5.74, 6) is -0.561. The first-order chi connectivity index (χ1) is 11.0. The first kappa shape index (κ1) is 18.7. The van der Waals surface area contributed by atoms with Crippen LogP contribution in [0.3, 0.4) is 0 Å². The largest absolute Gasteiger partial charge is 0.351 e. The molecule has 1 N–H and O–H groups in total. The van der Waals surface area contributed by atoms with E-state index in [4.69, 9.17) is 0 Å². The summed E-state index contributed by atoms with van der Waals surface area (Å²) in [4.78, 5) is 12.2. The molecule has 1 heterocycles. The van der Waals surface area contributed by atoms with Crippen LogP contribution >= 0.6 is 0 Å². The summed E-state index contributed by atoms with van der Waals surface area (Å²) in [5.41, 5.74) is 2.18. The van der Waals surface area contributed by atoms with E-state index in [2.05, 4.69) is 5.32 Å². The fourth-order valence-corrected chi connectivity index (χ4v) is 5.37. The topological polar surface area (TPSA) is 101 Å². The lowest BCUT2D eigenvalue weighted by atomic mass is 10.1. The van der Waals surface area contributed by atoms with Crippen molar-refractivity contribution in [3.05, 3.63) is 29.3 Å². The van der Waals surface area contributed by atoms with E-state index in [1.54, 1.807) is 19.1 Å². The van der Waals surface area contributed by atoms with E-state index >= 15 is 0 Å². The molecular formula is C15H22N2O5S2. The highest BCUT2D eigenvalue weighted by Gasteiger charge is 2.30. The molecule has 0 bridgehead atoms. The number of nitrogens with zero attached hydrogens (tertiary/aromatic N) is 1. The first-order valence-electron chi connectivity index (χ1n) is 7.53. The molecule has 2 rings (SSSR count). The molecule has 1 aliphatic heterocycles. The Labute approximate surface area is 143 Å². The molecule has 0 saturated carbocycles. The highest BCUT2D eigenvalue weighted by Crippen LogP contribution is 2.23. The van der Waals surface area contributed by atoms with Gasteiger partial charge in [0.25, 0.3) is 0 Å². The van der Waals surface area contributed by atoms with E-state index in [-0.39, 0.29) is 18.1 Å². The molecule has 0 radical (unpaired) electrons. The minimum Gasteiger partial charge on any atom is -0.351 e.